The average molecular weight is 406 g/mol. The molecule has 0 fully saturated rings. The Balaban J connectivity index is 5.68. The maximum atomic E-state index is 13.0. The van der Waals surface area contributed by atoms with Gasteiger partial charge >= 0.3 is 36.0 Å². The van der Waals surface area contributed by atoms with Crippen LogP contribution in [0.3, 0.4) is 0 Å². The van der Waals surface area contributed by atoms with Crippen molar-refractivity contribution in [2.24, 2.45) is 0 Å². The highest BCUT2D eigenvalue weighted by atomic mass is 19.4. The second-order valence-electron chi connectivity index (χ2n) is 4.24. The summed E-state index contributed by atoms with van der Waals surface area (Å²) < 4.78 is 176. The van der Waals surface area contributed by atoms with E-state index >= 15 is 0 Å². The van der Waals surface area contributed by atoms with Gasteiger partial charge in [-0.05, 0) is 0 Å². The molecular weight excluding hydrogens is 402 g/mol. The molecule has 25 heavy (non-hydrogen) atoms. The summed E-state index contributed by atoms with van der Waals surface area (Å²) in [6.07, 6.45) is -13.9. The molecule has 0 aliphatic heterocycles. The zero-order chi connectivity index (χ0) is 20.9. The van der Waals surface area contributed by atoms with E-state index in [0.717, 1.165) is 0 Å². The lowest BCUT2D eigenvalue weighted by atomic mass is 10.1. The van der Waals surface area contributed by atoms with Crippen LogP contribution in [0.5, 0.6) is 0 Å². The summed E-state index contributed by atoms with van der Waals surface area (Å²) in [5, 5.41) is 0. The van der Waals surface area contributed by atoms with Crippen LogP contribution in [0.15, 0.2) is 24.7 Å². The number of hydrogen-bond donors (Lipinski definition) is 0. The van der Waals surface area contributed by atoms with Crippen LogP contribution in [0.2, 0.25) is 0 Å². The third-order valence-electron chi connectivity index (χ3n) is 2.45. The van der Waals surface area contributed by atoms with Crippen molar-refractivity contribution < 1.29 is 66.2 Å². The molecule has 0 N–H and O–H groups in total. The highest BCUT2D eigenvalue weighted by Crippen LogP contribution is 2.53. The number of halogens is 14. The minimum Gasteiger partial charge on any atom is -0.454 e. The van der Waals surface area contributed by atoms with Crippen molar-refractivity contribution >= 4 is 0 Å². The molecule has 15 heteroatoms. The van der Waals surface area contributed by atoms with Gasteiger partial charge in [0.1, 0.15) is 0 Å². The first-order valence-corrected chi connectivity index (χ1v) is 5.26. The molecule has 0 spiro atoms. The van der Waals surface area contributed by atoms with E-state index in [1.165, 1.54) is 0 Å². The third-order valence-corrected chi connectivity index (χ3v) is 2.45. The van der Waals surface area contributed by atoms with Gasteiger partial charge in [0.15, 0.2) is 11.5 Å². The predicted molar refractivity (Wildman–Crippen MR) is 51.3 cm³/mol. The molecular formula is C10H4F14O. The van der Waals surface area contributed by atoms with Gasteiger partial charge in [-0.2, -0.15) is 61.5 Å². The maximum Gasteiger partial charge on any atom is 0.460 e. The van der Waals surface area contributed by atoms with E-state index in [-0.39, 0.29) is 0 Å². The van der Waals surface area contributed by atoms with Gasteiger partial charge in [-0.1, -0.05) is 13.2 Å². The van der Waals surface area contributed by atoms with Crippen molar-refractivity contribution in [1.29, 1.82) is 0 Å². The van der Waals surface area contributed by atoms with Crippen LogP contribution in [0, 0.1) is 0 Å². The van der Waals surface area contributed by atoms with Crippen LogP contribution < -0.4 is 0 Å². The van der Waals surface area contributed by atoms with Gasteiger partial charge in [-0.15, -0.1) is 0 Å². The largest absolute Gasteiger partial charge is 0.460 e. The molecule has 0 saturated carbocycles. The summed E-state index contributed by atoms with van der Waals surface area (Å²) in [5.41, 5.74) is 0. The van der Waals surface area contributed by atoms with Gasteiger partial charge in [0.25, 0.3) is 0 Å². The number of rotatable bonds is 6. The van der Waals surface area contributed by atoms with Gasteiger partial charge < -0.3 is 4.74 Å². The Hall–Kier alpha value is -1.70. The Kier molecular flexibility index (Phi) is 5.53. The van der Waals surface area contributed by atoms with Gasteiger partial charge in [-0.3, -0.25) is 0 Å². The summed E-state index contributed by atoms with van der Waals surface area (Å²) in [6, 6.07) is 0. The van der Waals surface area contributed by atoms with Crippen LogP contribution >= 0.6 is 0 Å². The molecule has 0 rings (SSSR count). The van der Waals surface area contributed by atoms with Crippen LogP contribution in [-0.2, 0) is 4.74 Å². The van der Waals surface area contributed by atoms with E-state index in [4.69, 9.17) is 0 Å². The van der Waals surface area contributed by atoms with E-state index < -0.39 is 47.6 Å². The molecule has 0 unspecified atom stereocenters. The molecule has 148 valence electrons. The monoisotopic (exact) mass is 406 g/mol. The van der Waals surface area contributed by atoms with Crippen molar-refractivity contribution in [2.75, 3.05) is 0 Å². The average Bonchev–Trinajstić information content (AvgIpc) is 2.34. The van der Waals surface area contributed by atoms with Crippen LogP contribution in [0.25, 0.3) is 0 Å². The fourth-order valence-corrected chi connectivity index (χ4v) is 0.983. The molecule has 0 aromatic carbocycles. The molecule has 1 nitrogen and oxygen atoms in total. The molecule has 0 bridgehead atoms. The number of alkyl halides is 14. The van der Waals surface area contributed by atoms with Crippen molar-refractivity contribution in [3.8, 4) is 0 Å². The van der Waals surface area contributed by atoms with Gasteiger partial charge in [0.2, 0.25) is 0 Å². The second kappa shape index (κ2) is 5.93. The van der Waals surface area contributed by atoms with Crippen LogP contribution in [0.1, 0.15) is 0 Å². The van der Waals surface area contributed by atoms with E-state index in [0.29, 0.717) is 0 Å². The third kappa shape index (κ3) is 3.63. The first-order chi connectivity index (χ1) is 10.5. The first-order valence-electron chi connectivity index (χ1n) is 5.26. The molecule has 0 saturated heterocycles. The molecule has 0 aromatic heterocycles. The predicted octanol–water partition coefficient (Wildman–Crippen LogP) is 5.70. The second-order valence-corrected chi connectivity index (χ2v) is 4.24. The fourth-order valence-electron chi connectivity index (χ4n) is 0.983. The maximum absolute atomic E-state index is 13.0. The zero-order valence-corrected chi connectivity index (χ0v) is 11.1. The molecule has 0 atom stereocenters. The Labute approximate surface area is 128 Å². The fraction of sp³-hybridized carbons (Fsp3) is 0.600. The molecule has 0 amide bonds. The highest BCUT2D eigenvalue weighted by molar-refractivity contribution is 5.17. The standard InChI is InChI=1S/C10H4F14O/c1-3(5(11,12)7(15,16)9(19,20)21)25-4(2)6(13,14)8(17,18)10(22,23)24/h1-2H2. The summed E-state index contributed by atoms with van der Waals surface area (Å²) in [4.78, 5) is 0. The first kappa shape index (κ1) is 23.3. The number of allylic oxidation sites excluding steroid dienone is 2. The highest BCUT2D eigenvalue weighted by Gasteiger charge is 2.77. The summed E-state index contributed by atoms with van der Waals surface area (Å²) in [5.74, 6) is -33.3. The molecule has 0 radical (unpaired) electrons. The minimum absolute atomic E-state index is 1.73. The molecule has 0 aromatic rings. The smallest absolute Gasteiger partial charge is 0.454 e. The lowest BCUT2D eigenvalue weighted by molar-refractivity contribution is -0.357. The summed E-state index contributed by atoms with van der Waals surface area (Å²) >= 11 is 0. The Morgan fingerprint density at radius 3 is 0.840 bits per heavy atom. The number of hydrogen-bond acceptors (Lipinski definition) is 1. The van der Waals surface area contributed by atoms with E-state index in [2.05, 4.69) is 4.74 Å². The summed E-state index contributed by atoms with van der Waals surface area (Å²) in [6.45, 7) is 3.46. The van der Waals surface area contributed by atoms with Gasteiger partial charge in [0.05, 0.1) is 0 Å². The minimum atomic E-state index is -6.97. The van der Waals surface area contributed by atoms with Crippen molar-refractivity contribution in [1.82, 2.24) is 0 Å². The van der Waals surface area contributed by atoms with Crippen molar-refractivity contribution in [3.63, 3.8) is 0 Å². The van der Waals surface area contributed by atoms with Crippen LogP contribution in [0.4, 0.5) is 61.5 Å². The number of ether oxygens (including phenoxy) is 1. The SMILES string of the molecule is C=C(OC(=C)C(F)(F)C(F)(F)C(F)(F)F)C(F)(F)C(F)(F)C(F)(F)F. The normalized spacial score (nSPS) is 15.1. The van der Waals surface area contributed by atoms with Gasteiger partial charge in [0, 0.05) is 0 Å². The topological polar surface area (TPSA) is 9.23 Å². The Morgan fingerprint density at radius 1 is 0.480 bits per heavy atom. The van der Waals surface area contributed by atoms with Crippen molar-refractivity contribution in [3.05, 3.63) is 24.7 Å². The van der Waals surface area contributed by atoms with E-state index in [1.807, 2.05) is 0 Å². The van der Waals surface area contributed by atoms with E-state index in [9.17, 15) is 61.5 Å². The Morgan fingerprint density at radius 2 is 0.680 bits per heavy atom. The summed E-state index contributed by atoms with van der Waals surface area (Å²) in [7, 11) is 0. The lowest BCUT2D eigenvalue weighted by Gasteiger charge is -2.32. The van der Waals surface area contributed by atoms with E-state index in [1.54, 1.807) is 13.2 Å². The molecule has 0 aliphatic carbocycles. The molecule has 0 aliphatic rings. The van der Waals surface area contributed by atoms with Gasteiger partial charge in [-0.25, -0.2) is 0 Å². The van der Waals surface area contributed by atoms with Crippen LogP contribution in [-0.4, -0.2) is 36.0 Å². The lowest BCUT2D eigenvalue weighted by Crippen LogP contribution is -2.55. The molecule has 0 heterocycles. The zero-order valence-electron chi connectivity index (χ0n) is 11.1. The Bertz CT molecular complexity index is 489. The van der Waals surface area contributed by atoms with Crippen molar-refractivity contribution in [2.45, 2.75) is 36.0 Å². The quantitative estimate of drug-likeness (QED) is 0.407.